The summed E-state index contributed by atoms with van der Waals surface area (Å²) in [7, 11) is -2.41. The molecule has 0 aliphatic rings. The normalized spacial score (nSPS) is 10.9. The monoisotopic (exact) mass is 351 g/mol. The van der Waals surface area contributed by atoms with Gasteiger partial charge in [0.05, 0.1) is 24.3 Å². The summed E-state index contributed by atoms with van der Waals surface area (Å²) in [6, 6.07) is 3.84. The highest BCUT2D eigenvalue weighted by molar-refractivity contribution is 7.87. The highest BCUT2D eigenvalue weighted by Gasteiger charge is 2.30. The van der Waals surface area contributed by atoms with E-state index >= 15 is 0 Å². The Labute approximate surface area is 132 Å². The molecular weight excluding hydrogens is 338 g/mol. The molecule has 0 aliphatic heterocycles. The van der Waals surface area contributed by atoms with E-state index in [2.05, 4.69) is 13.8 Å². The third-order valence-corrected chi connectivity index (χ3v) is 4.14. The highest BCUT2D eigenvalue weighted by Crippen LogP contribution is 2.28. The summed E-state index contributed by atoms with van der Waals surface area (Å²) in [5.74, 6) is -0.913. The van der Waals surface area contributed by atoms with E-state index in [0.29, 0.717) is 5.06 Å². The van der Waals surface area contributed by atoms with Crippen molar-refractivity contribution in [2.45, 2.75) is 11.8 Å². The minimum Gasteiger partial charge on any atom is -0.465 e. The number of halogens is 1. The predicted octanol–water partition coefficient (Wildman–Crippen LogP) is 1.84. The number of esters is 1. The van der Waals surface area contributed by atoms with Gasteiger partial charge in [-0.1, -0.05) is 17.7 Å². The summed E-state index contributed by atoms with van der Waals surface area (Å²) in [5, 5.41) is 0.128. The topological polar surface area (TPSA) is 99.2 Å². The molecule has 1 rings (SSSR count). The van der Waals surface area contributed by atoms with Gasteiger partial charge < -0.3 is 9.47 Å². The van der Waals surface area contributed by atoms with E-state index in [-0.39, 0.29) is 17.2 Å². The lowest BCUT2D eigenvalue weighted by Crippen LogP contribution is -2.31. The van der Waals surface area contributed by atoms with Crippen LogP contribution in [0.5, 0.6) is 0 Å². The Bertz CT molecular complexity index is 674. The lowest BCUT2D eigenvalue weighted by atomic mass is 10.2. The number of amides is 1. The van der Waals surface area contributed by atoms with E-state index in [9.17, 15) is 18.0 Å². The predicted molar refractivity (Wildman–Crippen MR) is 75.8 cm³/mol. The largest absolute Gasteiger partial charge is 0.465 e. The van der Waals surface area contributed by atoms with E-state index in [4.69, 9.17) is 11.6 Å². The zero-order valence-corrected chi connectivity index (χ0v) is 13.6. The number of carbonyl (C=O) groups excluding carboxylic acids is 2. The maximum Gasteiger partial charge on any atom is 0.434 e. The minimum absolute atomic E-state index is 0.0338. The molecular formula is C12H14ClNO7S. The van der Waals surface area contributed by atoms with Crippen molar-refractivity contribution in [3.8, 4) is 0 Å². The average Bonchev–Trinajstić information content (AvgIpc) is 2.45. The number of rotatable bonds is 5. The molecule has 1 aromatic rings. The molecule has 1 aromatic carbocycles. The first-order chi connectivity index (χ1) is 10.2. The van der Waals surface area contributed by atoms with Crippen LogP contribution in [0.4, 0.5) is 4.79 Å². The number of carbonyl (C=O) groups is 2. The van der Waals surface area contributed by atoms with Crippen molar-refractivity contribution in [1.82, 2.24) is 5.06 Å². The van der Waals surface area contributed by atoms with Crippen LogP contribution in [0, 0.1) is 0 Å². The van der Waals surface area contributed by atoms with Crippen LogP contribution in [-0.2, 0) is 23.9 Å². The molecule has 0 N–H and O–H groups in total. The van der Waals surface area contributed by atoms with E-state index in [0.717, 1.165) is 14.2 Å². The van der Waals surface area contributed by atoms with Crippen molar-refractivity contribution in [2.24, 2.45) is 0 Å². The smallest absolute Gasteiger partial charge is 0.434 e. The number of methoxy groups -OCH3 is 1. The van der Waals surface area contributed by atoms with Gasteiger partial charge >= 0.3 is 22.2 Å². The molecule has 0 aliphatic carbocycles. The SMILES string of the molecule is CCOC(=O)N(C)OS(=O)(=O)c1c(Cl)cccc1C(=O)OC. The Balaban J connectivity index is 3.23. The van der Waals surface area contributed by atoms with Gasteiger partial charge in [0, 0.05) is 7.05 Å². The summed E-state index contributed by atoms with van der Waals surface area (Å²) >= 11 is 5.84. The van der Waals surface area contributed by atoms with E-state index in [1.807, 2.05) is 0 Å². The molecule has 0 aromatic heterocycles. The number of hydroxylamine groups is 2. The summed E-state index contributed by atoms with van der Waals surface area (Å²) in [6.45, 7) is 1.58. The van der Waals surface area contributed by atoms with Crippen molar-refractivity contribution < 1.29 is 31.8 Å². The first-order valence-corrected chi connectivity index (χ1v) is 7.75. The van der Waals surface area contributed by atoms with Crippen LogP contribution in [-0.4, -0.2) is 46.3 Å². The first-order valence-electron chi connectivity index (χ1n) is 5.96. The standard InChI is InChI=1S/C12H14ClNO7S/c1-4-20-12(16)14(2)21-22(17,18)10-8(11(15)19-3)6-5-7-9(10)13/h5-7H,4H2,1-3H3. The third-order valence-electron chi connectivity index (χ3n) is 2.36. The van der Waals surface area contributed by atoms with Crippen molar-refractivity contribution >= 4 is 33.8 Å². The zero-order chi connectivity index (χ0) is 16.9. The van der Waals surface area contributed by atoms with Gasteiger partial charge in [-0.2, -0.15) is 13.5 Å². The maximum absolute atomic E-state index is 12.2. The number of nitrogens with zero attached hydrogens (tertiary/aromatic N) is 1. The van der Waals surface area contributed by atoms with E-state index in [1.54, 1.807) is 6.92 Å². The molecule has 0 heterocycles. The first kappa shape index (κ1) is 18.2. The fourth-order valence-corrected chi connectivity index (χ4v) is 3.08. The molecule has 0 saturated heterocycles. The Kier molecular flexibility index (Phi) is 6.15. The Hall–Kier alpha value is -1.84. The second-order valence-corrected chi connectivity index (χ2v) is 5.71. The Morgan fingerprint density at radius 2 is 1.95 bits per heavy atom. The molecule has 0 radical (unpaired) electrons. The molecule has 0 atom stereocenters. The number of benzene rings is 1. The summed E-state index contributed by atoms with van der Waals surface area (Å²) in [4.78, 5) is 22.5. The lowest BCUT2D eigenvalue weighted by Gasteiger charge is -2.17. The van der Waals surface area contributed by atoms with Gasteiger partial charge in [0.1, 0.15) is 4.90 Å². The second kappa shape index (κ2) is 7.43. The van der Waals surface area contributed by atoms with Gasteiger partial charge in [-0.05, 0) is 19.1 Å². The molecule has 10 heteroatoms. The third kappa shape index (κ3) is 4.09. The van der Waals surface area contributed by atoms with Crippen LogP contribution < -0.4 is 0 Å². The van der Waals surface area contributed by atoms with Gasteiger partial charge in [-0.3, -0.25) is 0 Å². The van der Waals surface area contributed by atoms with Gasteiger partial charge in [-0.15, -0.1) is 4.28 Å². The van der Waals surface area contributed by atoms with Crippen molar-refractivity contribution in [1.29, 1.82) is 0 Å². The van der Waals surface area contributed by atoms with Crippen LogP contribution in [0.2, 0.25) is 5.02 Å². The molecule has 22 heavy (non-hydrogen) atoms. The molecule has 0 fully saturated rings. The summed E-state index contributed by atoms with van der Waals surface area (Å²) in [5.41, 5.74) is -0.313. The zero-order valence-electron chi connectivity index (χ0n) is 12.0. The van der Waals surface area contributed by atoms with Crippen LogP contribution in [0.3, 0.4) is 0 Å². The van der Waals surface area contributed by atoms with Gasteiger partial charge in [0.15, 0.2) is 0 Å². The fourth-order valence-electron chi connectivity index (χ4n) is 1.46. The van der Waals surface area contributed by atoms with Gasteiger partial charge in [0.25, 0.3) is 0 Å². The lowest BCUT2D eigenvalue weighted by molar-refractivity contribution is -0.0207. The average molecular weight is 352 g/mol. The molecule has 0 spiro atoms. The van der Waals surface area contributed by atoms with Crippen molar-refractivity contribution in [2.75, 3.05) is 20.8 Å². The van der Waals surface area contributed by atoms with Crippen LogP contribution in [0.15, 0.2) is 23.1 Å². The molecule has 122 valence electrons. The van der Waals surface area contributed by atoms with Crippen LogP contribution in [0.1, 0.15) is 17.3 Å². The number of hydrogen-bond donors (Lipinski definition) is 0. The second-order valence-electron chi connectivity index (χ2n) is 3.83. The van der Waals surface area contributed by atoms with E-state index in [1.165, 1.54) is 18.2 Å². The van der Waals surface area contributed by atoms with Crippen molar-refractivity contribution in [3.05, 3.63) is 28.8 Å². The molecule has 8 nitrogen and oxygen atoms in total. The number of hydrogen-bond acceptors (Lipinski definition) is 7. The summed E-state index contributed by atoms with van der Waals surface area (Å²) < 4.78 is 38.2. The summed E-state index contributed by atoms with van der Waals surface area (Å²) in [6.07, 6.45) is -1.02. The molecule has 0 bridgehead atoms. The molecule has 1 amide bonds. The molecule has 0 unspecified atom stereocenters. The van der Waals surface area contributed by atoms with E-state index < -0.39 is 27.1 Å². The molecule has 0 saturated carbocycles. The Morgan fingerprint density at radius 3 is 2.50 bits per heavy atom. The van der Waals surface area contributed by atoms with Gasteiger partial charge in [0.2, 0.25) is 0 Å². The number of ether oxygens (including phenoxy) is 2. The van der Waals surface area contributed by atoms with Crippen molar-refractivity contribution in [3.63, 3.8) is 0 Å². The van der Waals surface area contributed by atoms with Crippen LogP contribution >= 0.6 is 11.6 Å². The Morgan fingerprint density at radius 1 is 1.32 bits per heavy atom. The minimum atomic E-state index is -4.55. The fraction of sp³-hybridized carbons (Fsp3) is 0.333. The highest BCUT2D eigenvalue weighted by atomic mass is 35.5. The van der Waals surface area contributed by atoms with Gasteiger partial charge in [-0.25, -0.2) is 9.59 Å². The maximum atomic E-state index is 12.2. The van der Waals surface area contributed by atoms with Crippen LogP contribution in [0.25, 0.3) is 0 Å². The quantitative estimate of drug-likeness (QED) is 0.589.